The Labute approximate surface area is 183 Å². The molecule has 0 spiro atoms. The minimum Gasteiger partial charge on any atom is -0.365 e. The first-order chi connectivity index (χ1) is 14.9. The Kier molecular flexibility index (Phi) is 6.23. The molecule has 1 saturated heterocycles. The van der Waals surface area contributed by atoms with Gasteiger partial charge >= 0.3 is 0 Å². The van der Waals surface area contributed by atoms with E-state index in [4.69, 9.17) is 0 Å². The highest BCUT2D eigenvalue weighted by Gasteiger charge is 2.42. The lowest BCUT2D eigenvalue weighted by Gasteiger charge is -2.50. The van der Waals surface area contributed by atoms with Crippen molar-refractivity contribution in [1.29, 1.82) is 0 Å². The highest BCUT2D eigenvalue weighted by Crippen LogP contribution is 2.38. The van der Waals surface area contributed by atoms with Crippen LogP contribution in [0.2, 0.25) is 0 Å². The maximum atomic E-state index is 13.3. The van der Waals surface area contributed by atoms with E-state index in [2.05, 4.69) is 41.1 Å². The van der Waals surface area contributed by atoms with E-state index in [0.717, 1.165) is 37.3 Å². The third-order valence-electron chi connectivity index (χ3n) is 6.56. The zero-order valence-corrected chi connectivity index (χ0v) is 18.2. The Balaban J connectivity index is 1.54. The van der Waals surface area contributed by atoms with E-state index in [0.29, 0.717) is 19.0 Å². The van der Waals surface area contributed by atoms with Crippen molar-refractivity contribution in [3.8, 4) is 0 Å². The van der Waals surface area contributed by atoms with Gasteiger partial charge in [-0.25, -0.2) is 0 Å². The van der Waals surface area contributed by atoms with Crippen molar-refractivity contribution in [2.75, 3.05) is 31.1 Å². The number of anilines is 1. The van der Waals surface area contributed by atoms with Gasteiger partial charge < -0.3 is 10.2 Å². The molecular weight excluding hydrogens is 392 g/mol. The van der Waals surface area contributed by atoms with E-state index >= 15 is 0 Å². The van der Waals surface area contributed by atoms with Crippen LogP contribution in [0.3, 0.4) is 0 Å². The molecule has 164 valence electrons. The molecule has 7 nitrogen and oxygen atoms in total. The second-order valence-electron chi connectivity index (χ2n) is 8.76. The second-order valence-corrected chi connectivity index (χ2v) is 8.76. The van der Waals surface area contributed by atoms with E-state index in [1.807, 2.05) is 24.3 Å². The van der Waals surface area contributed by atoms with Crippen molar-refractivity contribution in [2.45, 2.75) is 38.8 Å². The van der Waals surface area contributed by atoms with Crippen LogP contribution >= 0.6 is 0 Å². The van der Waals surface area contributed by atoms with Crippen molar-refractivity contribution in [3.63, 3.8) is 0 Å². The van der Waals surface area contributed by atoms with E-state index in [9.17, 15) is 14.9 Å². The third-order valence-corrected chi connectivity index (χ3v) is 6.56. The molecule has 2 atom stereocenters. The van der Waals surface area contributed by atoms with Gasteiger partial charge in [0.15, 0.2) is 0 Å². The number of hydrogen-bond donors (Lipinski definition) is 1. The summed E-state index contributed by atoms with van der Waals surface area (Å²) < 4.78 is 0. The topological polar surface area (TPSA) is 78.7 Å². The summed E-state index contributed by atoms with van der Waals surface area (Å²) in [6, 6.07) is 15.7. The van der Waals surface area contributed by atoms with Gasteiger partial charge in [-0.2, -0.15) is 0 Å². The lowest BCUT2D eigenvalue weighted by Crippen LogP contribution is -2.62. The monoisotopic (exact) mass is 422 g/mol. The summed E-state index contributed by atoms with van der Waals surface area (Å²) in [5.41, 5.74) is 3.21. The summed E-state index contributed by atoms with van der Waals surface area (Å²) in [6.45, 7) is 7.52. The lowest BCUT2D eigenvalue weighted by molar-refractivity contribution is -0.384. The fourth-order valence-corrected chi connectivity index (χ4v) is 4.82. The smallest absolute Gasteiger partial charge is 0.269 e. The van der Waals surface area contributed by atoms with Crippen LogP contribution in [0.5, 0.6) is 0 Å². The van der Waals surface area contributed by atoms with Crippen LogP contribution in [0.4, 0.5) is 11.4 Å². The maximum absolute atomic E-state index is 13.3. The first-order valence-electron chi connectivity index (χ1n) is 11.0. The Hall–Kier alpha value is -2.93. The van der Waals surface area contributed by atoms with E-state index < -0.39 is 0 Å². The summed E-state index contributed by atoms with van der Waals surface area (Å²) >= 11 is 0. The Bertz CT molecular complexity index is 947. The van der Waals surface area contributed by atoms with Gasteiger partial charge in [-0.3, -0.25) is 19.8 Å². The Morgan fingerprint density at radius 1 is 1.19 bits per heavy atom. The molecule has 1 amide bonds. The summed E-state index contributed by atoms with van der Waals surface area (Å²) in [7, 11) is 0. The average Bonchev–Trinajstić information content (AvgIpc) is 2.78. The van der Waals surface area contributed by atoms with Gasteiger partial charge in [-0.1, -0.05) is 30.3 Å². The number of benzene rings is 2. The first kappa shape index (κ1) is 21.3. The summed E-state index contributed by atoms with van der Waals surface area (Å²) in [5, 5.41) is 14.4. The number of rotatable bonds is 6. The molecule has 1 N–H and O–H groups in total. The fraction of sp³-hybridized carbons (Fsp3) is 0.458. The van der Waals surface area contributed by atoms with E-state index in [1.54, 1.807) is 12.1 Å². The molecule has 1 fully saturated rings. The zero-order chi connectivity index (χ0) is 22.0. The van der Waals surface area contributed by atoms with Crippen molar-refractivity contribution >= 4 is 17.3 Å². The minimum atomic E-state index is -0.363. The van der Waals surface area contributed by atoms with Gasteiger partial charge in [0.1, 0.15) is 0 Å². The molecule has 0 aromatic heterocycles. The first-order valence-corrected chi connectivity index (χ1v) is 11.0. The van der Waals surface area contributed by atoms with Crippen molar-refractivity contribution < 1.29 is 9.72 Å². The summed E-state index contributed by atoms with van der Waals surface area (Å²) in [6.07, 6.45) is 1.31. The minimum absolute atomic E-state index is 0.0358. The van der Waals surface area contributed by atoms with Crippen LogP contribution in [0.15, 0.2) is 48.5 Å². The van der Waals surface area contributed by atoms with Crippen LogP contribution in [0.25, 0.3) is 0 Å². The van der Waals surface area contributed by atoms with Crippen LogP contribution in [0.1, 0.15) is 25.0 Å². The normalized spacial score (nSPS) is 20.8. The van der Waals surface area contributed by atoms with Gasteiger partial charge in [0, 0.05) is 50.0 Å². The number of nitrogens with one attached hydrogen (secondary N) is 1. The van der Waals surface area contributed by atoms with Crippen molar-refractivity contribution in [3.05, 3.63) is 69.8 Å². The number of carbonyl (C=O) groups is 1. The van der Waals surface area contributed by atoms with Crippen molar-refractivity contribution in [2.24, 2.45) is 5.92 Å². The van der Waals surface area contributed by atoms with Crippen LogP contribution in [0, 0.1) is 16.0 Å². The highest BCUT2D eigenvalue weighted by atomic mass is 16.6. The number of nitro benzene ring substituents is 1. The molecule has 4 rings (SSSR count). The number of piperazine rings is 1. The predicted octanol–water partition coefficient (Wildman–Crippen LogP) is 3.03. The molecule has 0 bridgehead atoms. The standard InChI is InChI=1S/C24H30N4O3/c1-17(2)26-12-13-27-22-9-8-20(28(30)31)14-19(22)15-21(23(27)16-26)24(29)25-11-10-18-6-4-3-5-7-18/h3-9,14,17,21,23H,10-13,15-16H2,1-2H3,(H,25,29)/t21-,23-/m1/s1. The number of non-ortho nitro benzene ring substituents is 1. The molecule has 2 aliphatic rings. The zero-order valence-electron chi connectivity index (χ0n) is 18.2. The molecule has 0 aliphatic carbocycles. The van der Waals surface area contributed by atoms with E-state index in [-0.39, 0.29) is 28.5 Å². The molecule has 0 radical (unpaired) electrons. The van der Waals surface area contributed by atoms with E-state index in [1.165, 1.54) is 5.56 Å². The van der Waals surface area contributed by atoms with Gasteiger partial charge in [-0.15, -0.1) is 0 Å². The van der Waals surface area contributed by atoms with Gasteiger partial charge in [-0.05, 0) is 43.9 Å². The molecule has 2 aliphatic heterocycles. The Morgan fingerprint density at radius 3 is 2.68 bits per heavy atom. The quantitative estimate of drug-likeness (QED) is 0.572. The molecule has 31 heavy (non-hydrogen) atoms. The summed E-state index contributed by atoms with van der Waals surface area (Å²) in [4.78, 5) is 28.9. The van der Waals surface area contributed by atoms with Gasteiger partial charge in [0.25, 0.3) is 5.69 Å². The van der Waals surface area contributed by atoms with Gasteiger partial charge in [0.2, 0.25) is 5.91 Å². The molecular formula is C24H30N4O3. The number of nitrogens with zero attached hydrogens (tertiary/aromatic N) is 3. The number of carbonyl (C=O) groups excluding carboxylic acids is 1. The van der Waals surface area contributed by atoms with Crippen LogP contribution < -0.4 is 10.2 Å². The number of amides is 1. The second kappa shape index (κ2) is 9.06. The molecule has 0 saturated carbocycles. The fourth-order valence-electron chi connectivity index (χ4n) is 4.82. The lowest BCUT2D eigenvalue weighted by atomic mass is 9.83. The Morgan fingerprint density at radius 2 is 1.97 bits per heavy atom. The molecule has 0 unspecified atom stereocenters. The van der Waals surface area contributed by atoms with Gasteiger partial charge in [0.05, 0.1) is 16.9 Å². The number of hydrogen-bond acceptors (Lipinski definition) is 5. The predicted molar refractivity (Wildman–Crippen MR) is 121 cm³/mol. The largest absolute Gasteiger partial charge is 0.365 e. The molecule has 2 heterocycles. The third kappa shape index (κ3) is 4.56. The van der Waals surface area contributed by atoms with Crippen LogP contribution in [-0.4, -0.2) is 54.0 Å². The number of fused-ring (bicyclic) bond motifs is 3. The summed E-state index contributed by atoms with van der Waals surface area (Å²) in [5.74, 6) is -0.194. The maximum Gasteiger partial charge on any atom is 0.269 e. The average molecular weight is 423 g/mol. The highest BCUT2D eigenvalue weighted by molar-refractivity contribution is 5.82. The van der Waals surface area contributed by atoms with Crippen molar-refractivity contribution in [1.82, 2.24) is 10.2 Å². The van der Waals surface area contributed by atoms with Crippen LogP contribution in [-0.2, 0) is 17.6 Å². The molecule has 2 aromatic rings. The molecule has 7 heteroatoms. The number of nitro groups is 1. The molecule has 2 aromatic carbocycles. The SMILES string of the molecule is CC(C)N1CCN2c3ccc([N+](=O)[O-])cc3C[C@@H](C(=O)NCCc3ccccc3)[C@H]2C1.